The lowest BCUT2D eigenvalue weighted by Crippen LogP contribution is -2.44. The van der Waals surface area contributed by atoms with E-state index in [9.17, 15) is 0 Å². The number of hydrogen-bond acceptors (Lipinski definition) is 6. The molecule has 0 radical (unpaired) electrons. The van der Waals surface area contributed by atoms with Crippen LogP contribution in [0.5, 0.6) is 0 Å². The Morgan fingerprint density at radius 2 is 0.778 bits per heavy atom. The minimum absolute atomic E-state index is 0.347. The van der Waals surface area contributed by atoms with Gasteiger partial charge in [0.2, 0.25) is 0 Å². The highest BCUT2D eigenvalue weighted by atomic mass is 35.5. The van der Waals surface area contributed by atoms with E-state index in [1.807, 2.05) is 72.8 Å². The van der Waals surface area contributed by atoms with E-state index in [4.69, 9.17) is 63.2 Å². The van der Waals surface area contributed by atoms with Gasteiger partial charge in [0, 0.05) is 31.8 Å². The lowest BCUT2D eigenvalue weighted by molar-refractivity contribution is -0.107. The molecule has 0 aromatic heterocycles. The van der Waals surface area contributed by atoms with Crippen LogP contribution in [-0.2, 0) is 28.4 Å². The fraction of sp³-hybridized carbons (Fsp3) is 0.333. The van der Waals surface area contributed by atoms with Crippen molar-refractivity contribution in [3.05, 3.63) is 105 Å². The summed E-state index contributed by atoms with van der Waals surface area (Å²) in [6.45, 7) is 0.693. The number of hydrogen-bond donors (Lipinski definition) is 0. The van der Waals surface area contributed by atoms with Gasteiger partial charge in [-0.25, -0.2) is 0 Å². The second-order valence-corrected chi connectivity index (χ2v) is 10.2. The number of ether oxygens (including phenoxy) is 6. The van der Waals surface area contributed by atoms with E-state index in [1.165, 1.54) is 0 Å². The predicted molar refractivity (Wildman–Crippen MR) is 134 cm³/mol. The molecule has 36 heavy (non-hydrogen) atoms. The van der Waals surface area contributed by atoms with Gasteiger partial charge in [-0.15, -0.1) is 0 Å². The monoisotopic (exact) mass is 548 g/mol. The fourth-order valence-corrected chi connectivity index (χ4v) is 5.00. The lowest BCUT2D eigenvalue weighted by Gasteiger charge is -2.25. The first-order valence-electron chi connectivity index (χ1n) is 11.6. The van der Waals surface area contributed by atoms with Gasteiger partial charge in [0.1, 0.15) is 24.4 Å². The van der Waals surface area contributed by atoms with Crippen molar-refractivity contribution in [3.63, 3.8) is 0 Å². The van der Waals surface area contributed by atoms with E-state index in [-0.39, 0.29) is 12.2 Å². The molecule has 0 bridgehead atoms. The Hall–Kier alpha value is -1.71. The summed E-state index contributed by atoms with van der Waals surface area (Å²) in [6.07, 6.45) is -3.27. The third kappa shape index (κ3) is 5.16. The summed E-state index contributed by atoms with van der Waals surface area (Å²) in [7, 11) is 0. The van der Waals surface area contributed by atoms with Crippen molar-refractivity contribution in [2.75, 3.05) is 13.2 Å². The van der Waals surface area contributed by atoms with E-state index in [0.29, 0.717) is 28.3 Å². The van der Waals surface area contributed by atoms with Crippen molar-refractivity contribution in [1.29, 1.82) is 0 Å². The molecule has 6 nitrogen and oxygen atoms in total. The second-order valence-electron chi connectivity index (χ2n) is 8.87. The molecule has 0 aliphatic carbocycles. The summed E-state index contributed by atoms with van der Waals surface area (Å²) in [4.78, 5) is 0. The van der Waals surface area contributed by atoms with Gasteiger partial charge in [-0.05, 0) is 36.4 Å². The van der Waals surface area contributed by atoms with Crippen LogP contribution in [-0.4, -0.2) is 37.6 Å². The Morgan fingerprint density at radius 3 is 1.14 bits per heavy atom. The van der Waals surface area contributed by atoms with Gasteiger partial charge >= 0.3 is 0 Å². The van der Waals surface area contributed by atoms with E-state index < -0.39 is 31.1 Å². The van der Waals surface area contributed by atoms with E-state index >= 15 is 0 Å². The number of benzene rings is 3. The third-order valence-electron chi connectivity index (χ3n) is 6.47. The Kier molecular flexibility index (Phi) is 7.23. The Labute approximate surface area is 223 Å². The van der Waals surface area contributed by atoms with Gasteiger partial charge in [0.05, 0.1) is 13.2 Å². The normalized spacial score (nSPS) is 32.2. The molecule has 188 valence electrons. The summed E-state index contributed by atoms with van der Waals surface area (Å²) in [6, 6.07) is 22.2. The molecule has 0 saturated carbocycles. The van der Waals surface area contributed by atoms with Crippen LogP contribution in [0.15, 0.2) is 72.8 Å². The maximum Gasteiger partial charge on any atom is 0.184 e. The molecular weight excluding hydrogens is 527 g/mol. The van der Waals surface area contributed by atoms with Gasteiger partial charge in [0.15, 0.2) is 18.9 Å². The number of rotatable bonds is 5. The molecule has 6 rings (SSSR count). The molecule has 3 aromatic carbocycles. The van der Waals surface area contributed by atoms with Gasteiger partial charge < -0.3 is 28.4 Å². The molecule has 3 fully saturated rings. The second kappa shape index (κ2) is 10.6. The van der Waals surface area contributed by atoms with Crippen LogP contribution >= 0.6 is 34.8 Å². The minimum Gasteiger partial charge on any atom is -0.346 e. The van der Waals surface area contributed by atoms with Crippen molar-refractivity contribution in [1.82, 2.24) is 0 Å². The summed E-state index contributed by atoms with van der Waals surface area (Å²) < 4.78 is 37.3. The third-order valence-corrected chi connectivity index (χ3v) is 7.22. The highest BCUT2D eigenvalue weighted by molar-refractivity contribution is 6.31. The van der Waals surface area contributed by atoms with Crippen molar-refractivity contribution >= 4 is 34.8 Å². The zero-order chi connectivity index (χ0) is 24.6. The SMILES string of the molecule is Clc1ccc(C2O[C@@H]([C@@H]3COC(c4ccc(Cl)cc4)O3)[C@H]([C@H]3COC(c4ccc(Cl)cc4)O3)O2)cc1. The molecule has 0 spiro atoms. The quantitative estimate of drug-likeness (QED) is 0.355. The van der Waals surface area contributed by atoms with Crippen LogP contribution in [0.25, 0.3) is 0 Å². The highest BCUT2D eigenvalue weighted by Gasteiger charge is 2.51. The molecule has 3 unspecified atom stereocenters. The molecule has 3 aliphatic heterocycles. The molecular formula is C27H23Cl3O6. The molecule has 3 aromatic rings. The van der Waals surface area contributed by atoms with Crippen LogP contribution in [0.2, 0.25) is 15.1 Å². The maximum atomic E-state index is 6.41. The van der Waals surface area contributed by atoms with Crippen molar-refractivity contribution in [2.45, 2.75) is 43.3 Å². The molecule has 9 heteroatoms. The number of halogens is 3. The van der Waals surface area contributed by atoms with Crippen LogP contribution in [0.4, 0.5) is 0 Å². The summed E-state index contributed by atoms with van der Waals surface area (Å²) >= 11 is 18.1. The van der Waals surface area contributed by atoms with E-state index in [0.717, 1.165) is 16.7 Å². The molecule has 7 atom stereocenters. The molecule has 0 N–H and O–H groups in total. The largest absolute Gasteiger partial charge is 0.346 e. The first-order valence-corrected chi connectivity index (χ1v) is 12.8. The Morgan fingerprint density at radius 1 is 0.444 bits per heavy atom. The van der Waals surface area contributed by atoms with Crippen molar-refractivity contribution in [3.8, 4) is 0 Å². The Balaban J connectivity index is 1.21. The fourth-order valence-electron chi connectivity index (χ4n) is 4.62. The lowest BCUT2D eigenvalue weighted by atomic mass is 10.0. The molecule has 3 aliphatic rings. The predicted octanol–water partition coefficient (Wildman–Crippen LogP) is 6.66. The Bertz CT molecular complexity index is 1100. The van der Waals surface area contributed by atoms with Crippen molar-refractivity contribution < 1.29 is 28.4 Å². The minimum atomic E-state index is -0.603. The molecule has 3 heterocycles. The first kappa shape index (κ1) is 24.6. The summed E-state index contributed by atoms with van der Waals surface area (Å²) in [5.74, 6) is 0. The topological polar surface area (TPSA) is 55.4 Å². The molecule has 3 saturated heterocycles. The van der Waals surface area contributed by atoms with Crippen LogP contribution < -0.4 is 0 Å². The molecule has 0 amide bonds. The first-order chi connectivity index (χ1) is 17.5. The van der Waals surface area contributed by atoms with Crippen LogP contribution in [0.3, 0.4) is 0 Å². The summed E-state index contributed by atoms with van der Waals surface area (Å²) in [5.41, 5.74) is 2.62. The summed E-state index contributed by atoms with van der Waals surface area (Å²) in [5, 5.41) is 1.95. The smallest absolute Gasteiger partial charge is 0.184 e. The maximum absolute atomic E-state index is 6.41. The highest BCUT2D eigenvalue weighted by Crippen LogP contribution is 2.42. The average molecular weight is 550 g/mol. The average Bonchev–Trinajstić information content (AvgIpc) is 3.65. The zero-order valence-corrected chi connectivity index (χ0v) is 21.2. The van der Waals surface area contributed by atoms with Gasteiger partial charge in [-0.1, -0.05) is 71.2 Å². The van der Waals surface area contributed by atoms with E-state index in [1.54, 1.807) is 0 Å². The van der Waals surface area contributed by atoms with E-state index in [2.05, 4.69) is 0 Å². The van der Waals surface area contributed by atoms with Gasteiger partial charge in [-0.3, -0.25) is 0 Å². The van der Waals surface area contributed by atoms with Gasteiger partial charge in [0.25, 0.3) is 0 Å². The van der Waals surface area contributed by atoms with Crippen molar-refractivity contribution in [2.24, 2.45) is 0 Å². The van der Waals surface area contributed by atoms with Gasteiger partial charge in [-0.2, -0.15) is 0 Å². The van der Waals surface area contributed by atoms with Crippen LogP contribution in [0.1, 0.15) is 35.6 Å². The standard InChI is InChI=1S/C27H23Cl3O6/c28-18-7-1-15(2-8-18)25-31-13-21(33-25)23-24(36-27(35-23)17-5-11-20(30)12-6-17)22-14-32-26(34-22)16-3-9-19(29)10-4-16/h1-12,21-27H,13-14H2/t21-,22+,23-,24-,25?,26?,27?/m0/s1. The zero-order valence-electron chi connectivity index (χ0n) is 19.0. The van der Waals surface area contributed by atoms with Crippen LogP contribution in [0, 0.1) is 0 Å².